The van der Waals surface area contributed by atoms with Gasteiger partial charge in [0.1, 0.15) is 11.2 Å². The molecule has 156 valence electrons. The first-order valence-corrected chi connectivity index (χ1v) is 12.5. The van der Waals surface area contributed by atoms with Crippen molar-refractivity contribution in [1.29, 1.82) is 0 Å². The number of furan rings is 1. The molecule has 2 nitrogen and oxygen atoms in total. The van der Waals surface area contributed by atoms with Gasteiger partial charge in [0.25, 0.3) is 6.71 Å². The molecule has 4 heteroatoms. The maximum atomic E-state index is 6.67. The monoisotopic (exact) mass is 449 g/mol. The van der Waals surface area contributed by atoms with Crippen LogP contribution in [-0.2, 0) is 0 Å². The molecule has 5 aromatic carbocycles. The summed E-state index contributed by atoms with van der Waals surface area (Å²) < 4.78 is 9.16. The zero-order chi connectivity index (χ0) is 22.0. The minimum absolute atomic E-state index is 0.146. The van der Waals surface area contributed by atoms with E-state index in [0.717, 1.165) is 11.2 Å². The third kappa shape index (κ3) is 1.94. The lowest BCUT2D eigenvalue weighted by Crippen LogP contribution is -2.58. The number of hydrogen-bond donors (Lipinski definition) is 0. The normalized spacial score (nSPS) is 13.7. The number of benzene rings is 5. The van der Waals surface area contributed by atoms with Crippen LogP contribution in [0.25, 0.3) is 49.4 Å². The number of hydrogen-bond acceptors (Lipinski definition) is 2. The standard InChI is InChI=1S/C30H16BNOS/c1-4-11-22-17(8-1)19-16-20-18-9-2-5-13-24(18)33-30(20)28-29(19)32(22)23-12-7-15-26-27(23)31(28)21-10-3-6-14-25(21)34-26/h1-16H. The molecule has 7 aromatic rings. The van der Waals surface area contributed by atoms with Gasteiger partial charge in [-0.3, -0.25) is 0 Å². The lowest BCUT2D eigenvalue weighted by atomic mass is 9.35. The van der Waals surface area contributed by atoms with E-state index in [9.17, 15) is 0 Å². The number of nitrogens with zero attached hydrogens (tertiary/aromatic N) is 1. The van der Waals surface area contributed by atoms with Crippen LogP contribution in [-0.4, -0.2) is 11.3 Å². The lowest BCUT2D eigenvalue weighted by Gasteiger charge is -2.33. The van der Waals surface area contributed by atoms with E-state index < -0.39 is 0 Å². The van der Waals surface area contributed by atoms with Gasteiger partial charge in [-0.2, -0.15) is 0 Å². The van der Waals surface area contributed by atoms with Gasteiger partial charge >= 0.3 is 0 Å². The summed E-state index contributed by atoms with van der Waals surface area (Å²) in [6.45, 7) is 0.146. The molecule has 0 saturated heterocycles. The van der Waals surface area contributed by atoms with Gasteiger partial charge in [0.05, 0.1) is 11.0 Å². The van der Waals surface area contributed by atoms with E-state index in [1.807, 2.05) is 11.8 Å². The van der Waals surface area contributed by atoms with E-state index in [4.69, 9.17) is 4.42 Å². The van der Waals surface area contributed by atoms with Crippen LogP contribution in [0.15, 0.2) is 111 Å². The molecule has 34 heavy (non-hydrogen) atoms. The van der Waals surface area contributed by atoms with Crippen molar-refractivity contribution in [3.63, 3.8) is 0 Å². The fourth-order valence-corrected chi connectivity index (χ4v) is 7.51. The third-order valence-electron chi connectivity index (χ3n) is 7.65. The van der Waals surface area contributed by atoms with Gasteiger partial charge in [-0.15, -0.1) is 0 Å². The van der Waals surface area contributed by atoms with Crippen LogP contribution in [0.2, 0.25) is 0 Å². The van der Waals surface area contributed by atoms with Gasteiger partial charge in [-0.05, 0) is 47.3 Å². The Balaban J connectivity index is 1.62. The highest BCUT2D eigenvalue weighted by Crippen LogP contribution is 2.41. The summed E-state index contributed by atoms with van der Waals surface area (Å²) >= 11 is 1.89. The van der Waals surface area contributed by atoms with E-state index >= 15 is 0 Å². The molecule has 0 aliphatic carbocycles. The van der Waals surface area contributed by atoms with Gasteiger partial charge in [0, 0.05) is 37.0 Å². The molecule has 4 heterocycles. The molecule has 0 atom stereocenters. The predicted octanol–water partition coefficient (Wildman–Crippen LogP) is 5.98. The van der Waals surface area contributed by atoms with Gasteiger partial charge in [0.2, 0.25) is 0 Å². The van der Waals surface area contributed by atoms with Crippen LogP contribution in [0.3, 0.4) is 0 Å². The maximum absolute atomic E-state index is 6.67. The summed E-state index contributed by atoms with van der Waals surface area (Å²) in [6, 6.07) is 35.3. The van der Waals surface area contributed by atoms with Crippen molar-refractivity contribution in [3.8, 4) is 5.69 Å². The average molecular weight is 449 g/mol. The first-order chi connectivity index (χ1) is 16.9. The quantitative estimate of drug-likeness (QED) is 0.265. The van der Waals surface area contributed by atoms with Crippen molar-refractivity contribution in [1.82, 2.24) is 4.57 Å². The maximum Gasteiger partial charge on any atom is 0.254 e. The first-order valence-electron chi connectivity index (χ1n) is 11.7. The highest BCUT2D eigenvalue weighted by molar-refractivity contribution is 8.00. The number of fused-ring (bicyclic) bond motifs is 11. The largest absolute Gasteiger partial charge is 0.457 e. The Bertz CT molecular complexity index is 2010. The summed E-state index contributed by atoms with van der Waals surface area (Å²) in [7, 11) is 0. The molecular formula is C30H16BNOS. The summed E-state index contributed by atoms with van der Waals surface area (Å²) in [4.78, 5) is 2.67. The Morgan fingerprint density at radius 1 is 0.647 bits per heavy atom. The minimum atomic E-state index is 0.146. The van der Waals surface area contributed by atoms with Crippen LogP contribution in [0.1, 0.15) is 0 Å². The SMILES string of the molecule is c1ccc2c(c1)Sc1cccc3c1B2c1c2oc4ccccc4c2cc2c4ccccc4n-3c12. The highest BCUT2D eigenvalue weighted by atomic mass is 32.2. The van der Waals surface area contributed by atoms with E-state index in [0.29, 0.717) is 0 Å². The van der Waals surface area contributed by atoms with Crippen molar-refractivity contribution < 1.29 is 4.42 Å². The van der Waals surface area contributed by atoms with Crippen molar-refractivity contribution in [2.45, 2.75) is 9.79 Å². The molecule has 9 rings (SSSR count). The zero-order valence-electron chi connectivity index (χ0n) is 18.1. The topological polar surface area (TPSA) is 18.1 Å². The van der Waals surface area contributed by atoms with Gasteiger partial charge in [-0.1, -0.05) is 77.9 Å². The number of aromatic nitrogens is 1. The van der Waals surface area contributed by atoms with Crippen molar-refractivity contribution in [2.75, 3.05) is 0 Å². The second kappa shape index (κ2) is 5.96. The highest BCUT2D eigenvalue weighted by Gasteiger charge is 2.41. The zero-order valence-corrected chi connectivity index (χ0v) is 18.9. The molecule has 0 spiro atoms. The Hall–Kier alpha value is -3.89. The van der Waals surface area contributed by atoms with Crippen LogP contribution in [0, 0.1) is 0 Å². The Kier molecular flexibility index (Phi) is 3.08. The van der Waals surface area contributed by atoms with Gasteiger partial charge in [0.15, 0.2) is 0 Å². The Morgan fingerprint density at radius 3 is 2.41 bits per heavy atom. The summed E-state index contributed by atoms with van der Waals surface area (Å²) in [5.74, 6) is 0. The second-order valence-corrected chi connectivity index (χ2v) is 10.4. The number of para-hydroxylation sites is 2. The molecule has 0 saturated carbocycles. The Labute approximate surface area is 199 Å². The van der Waals surface area contributed by atoms with Crippen molar-refractivity contribution in [3.05, 3.63) is 97.1 Å². The van der Waals surface area contributed by atoms with E-state index in [1.165, 1.54) is 64.4 Å². The first kappa shape index (κ1) is 17.6. The summed E-state index contributed by atoms with van der Waals surface area (Å²) in [5, 5.41) is 4.99. The molecule has 2 aromatic heterocycles. The Morgan fingerprint density at radius 2 is 1.44 bits per heavy atom. The average Bonchev–Trinajstić information content (AvgIpc) is 3.42. The fraction of sp³-hybridized carbons (Fsp3) is 0. The lowest BCUT2D eigenvalue weighted by molar-refractivity contribution is 0.671. The molecule has 0 bridgehead atoms. The smallest absolute Gasteiger partial charge is 0.254 e. The van der Waals surface area contributed by atoms with E-state index in [-0.39, 0.29) is 6.71 Å². The molecule has 0 unspecified atom stereocenters. The molecule has 0 radical (unpaired) electrons. The summed E-state index contributed by atoms with van der Waals surface area (Å²) in [5.41, 5.74) is 9.87. The van der Waals surface area contributed by atoms with Crippen LogP contribution < -0.4 is 16.4 Å². The summed E-state index contributed by atoms with van der Waals surface area (Å²) in [6.07, 6.45) is 0. The molecular weight excluding hydrogens is 433 g/mol. The van der Waals surface area contributed by atoms with E-state index in [1.54, 1.807) is 0 Å². The van der Waals surface area contributed by atoms with Crippen LogP contribution in [0.4, 0.5) is 0 Å². The fourth-order valence-electron chi connectivity index (χ4n) is 6.35. The number of rotatable bonds is 0. The van der Waals surface area contributed by atoms with Gasteiger partial charge < -0.3 is 8.98 Å². The van der Waals surface area contributed by atoms with Crippen molar-refractivity contribution >= 4 is 78.6 Å². The van der Waals surface area contributed by atoms with Crippen LogP contribution in [0.5, 0.6) is 0 Å². The third-order valence-corrected chi connectivity index (χ3v) is 8.82. The van der Waals surface area contributed by atoms with E-state index in [2.05, 4.69) is 102 Å². The molecule has 0 amide bonds. The second-order valence-electron chi connectivity index (χ2n) is 9.28. The molecule has 2 aliphatic rings. The molecule has 0 N–H and O–H groups in total. The molecule has 2 aliphatic heterocycles. The van der Waals surface area contributed by atoms with Gasteiger partial charge in [-0.25, -0.2) is 0 Å². The molecule has 0 fully saturated rings. The minimum Gasteiger partial charge on any atom is -0.457 e. The predicted molar refractivity (Wildman–Crippen MR) is 143 cm³/mol. The van der Waals surface area contributed by atoms with Crippen LogP contribution >= 0.6 is 11.8 Å². The van der Waals surface area contributed by atoms with Crippen molar-refractivity contribution in [2.24, 2.45) is 0 Å².